The molecule has 5 rings (SSSR count). The molecule has 1 amide bonds. The summed E-state index contributed by atoms with van der Waals surface area (Å²) in [5.74, 6) is 1.14. The first-order chi connectivity index (χ1) is 16.3. The van der Waals surface area contributed by atoms with Crippen molar-refractivity contribution in [2.45, 2.75) is 19.0 Å². The lowest BCUT2D eigenvalue weighted by molar-refractivity contribution is 0.0559. The van der Waals surface area contributed by atoms with Crippen LogP contribution < -0.4 is 0 Å². The molecule has 168 valence electrons. The Bertz CT molecular complexity index is 1150. The smallest absolute Gasteiger partial charge is 0.289 e. The normalized spacial score (nSPS) is 15.5. The third kappa shape index (κ3) is 4.70. The maximum atomic E-state index is 12.7. The van der Waals surface area contributed by atoms with Crippen molar-refractivity contribution in [1.29, 1.82) is 0 Å². The van der Waals surface area contributed by atoms with Gasteiger partial charge >= 0.3 is 0 Å². The van der Waals surface area contributed by atoms with E-state index in [0.29, 0.717) is 25.4 Å². The Labute approximate surface area is 192 Å². The lowest BCUT2D eigenvalue weighted by Crippen LogP contribution is -2.50. The SMILES string of the molecule is O=C(c1ccco1)N1CCN([C@H](c2ccccc2)c2nnnn2CCc2ccccc2)CC1. The van der Waals surface area contributed by atoms with Crippen LogP contribution in [0.5, 0.6) is 0 Å². The Morgan fingerprint density at radius 2 is 1.64 bits per heavy atom. The zero-order valence-electron chi connectivity index (χ0n) is 18.3. The second-order valence-electron chi connectivity index (χ2n) is 8.11. The van der Waals surface area contributed by atoms with Crippen LogP contribution in [-0.4, -0.2) is 62.1 Å². The quantitative estimate of drug-likeness (QED) is 0.438. The summed E-state index contributed by atoms with van der Waals surface area (Å²) >= 11 is 0. The summed E-state index contributed by atoms with van der Waals surface area (Å²) in [4.78, 5) is 16.9. The number of hydrogen-bond donors (Lipinski definition) is 0. The Balaban J connectivity index is 1.35. The predicted octanol–water partition coefficient (Wildman–Crippen LogP) is 3.06. The maximum absolute atomic E-state index is 12.7. The highest BCUT2D eigenvalue weighted by molar-refractivity contribution is 5.91. The number of hydrogen-bond acceptors (Lipinski definition) is 6. The van der Waals surface area contributed by atoms with E-state index in [9.17, 15) is 4.79 Å². The summed E-state index contributed by atoms with van der Waals surface area (Å²) in [6.07, 6.45) is 2.38. The Kier molecular flexibility index (Phi) is 6.25. The highest BCUT2D eigenvalue weighted by atomic mass is 16.3. The van der Waals surface area contributed by atoms with Crippen molar-refractivity contribution < 1.29 is 9.21 Å². The number of rotatable bonds is 7. The van der Waals surface area contributed by atoms with E-state index in [1.165, 1.54) is 11.8 Å². The topological polar surface area (TPSA) is 80.3 Å². The Hall–Kier alpha value is -3.78. The summed E-state index contributed by atoms with van der Waals surface area (Å²) in [7, 11) is 0. The number of tetrazole rings is 1. The van der Waals surface area contributed by atoms with Crippen LogP contribution in [0, 0.1) is 0 Å². The highest BCUT2D eigenvalue weighted by Gasteiger charge is 2.32. The van der Waals surface area contributed by atoms with E-state index in [1.54, 1.807) is 12.1 Å². The maximum Gasteiger partial charge on any atom is 0.289 e. The molecule has 8 heteroatoms. The van der Waals surface area contributed by atoms with E-state index < -0.39 is 0 Å². The van der Waals surface area contributed by atoms with Gasteiger partial charge in [-0.2, -0.15) is 0 Å². The predicted molar refractivity (Wildman–Crippen MR) is 122 cm³/mol. The number of carbonyl (C=O) groups excluding carboxylic acids is 1. The van der Waals surface area contributed by atoms with Crippen LogP contribution in [0.25, 0.3) is 0 Å². The van der Waals surface area contributed by atoms with Crippen LogP contribution in [0.15, 0.2) is 83.5 Å². The summed E-state index contributed by atoms with van der Waals surface area (Å²) in [6.45, 7) is 3.38. The van der Waals surface area contributed by atoms with Crippen LogP contribution in [0.3, 0.4) is 0 Å². The van der Waals surface area contributed by atoms with Crippen molar-refractivity contribution in [3.05, 3.63) is 102 Å². The summed E-state index contributed by atoms with van der Waals surface area (Å²) < 4.78 is 7.20. The molecule has 1 saturated heterocycles. The molecule has 2 aromatic carbocycles. The van der Waals surface area contributed by atoms with Gasteiger partial charge in [-0.1, -0.05) is 60.7 Å². The van der Waals surface area contributed by atoms with E-state index in [2.05, 4.69) is 44.7 Å². The molecule has 1 aliphatic rings. The number of nitrogens with zero attached hydrogens (tertiary/aromatic N) is 6. The fraction of sp³-hybridized carbons (Fsp3) is 0.280. The van der Waals surface area contributed by atoms with Crippen molar-refractivity contribution in [1.82, 2.24) is 30.0 Å². The molecule has 33 heavy (non-hydrogen) atoms. The molecule has 0 spiro atoms. The number of aromatic nitrogens is 4. The lowest BCUT2D eigenvalue weighted by atomic mass is 10.0. The first-order valence-electron chi connectivity index (χ1n) is 11.2. The van der Waals surface area contributed by atoms with Crippen LogP contribution in [0.4, 0.5) is 0 Å². The second-order valence-corrected chi connectivity index (χ2v) is 8.11. The van der Waals surface area contributed by atoms with Crippen molar-refractivity contribution >= 4 is 5.91 Å². The van der Waals surface area contributed by atoms with Gasteiger partial charge < -0.3 is 9.32 Å². The molecule has 0 radical (unpaired) electrons. The fourth-order valence-electron chi connectivity index (χ4n) is 4.34. The van der Waals surface area contributed by atoms with Gasteiger partial charge in [0, 0.05) is 32.7 Å². The lowest BCUT2D eigenvalue weighted by Gasteiger charge is -2.38. The van der Waals surface area contributed by atoms with E-state index in [0.717, 1.165) is 30.9 Å². The van der Waals surface area contributed by atoms with Gasteiger partial charge in [0.05, 0.1) is 12.3 Å². The first kappa shape index (κ1) is 21.1. The summed E-state index contributed by atoms with van der Waals surface area (Å²) in [5.41, 5.74) is 2.39. The molecule has 1 aliphatic heterocycles. The van der Waals surface area contributed by atoms with Gasteiger partial charge in [-0.25, -0.2) is 4.68 Å². The van der Waals surface area contributed by atoms with Crippen LogP contribution >= 0.6 is 0 Å². The van der Waals surface area contributed by atoms with Crippen molar-refractivity contribution in [2.24, 2.45) is 0 Å². The summed E-state index contributed by atoms with van der Waals surface area (Å²) in [5, 5.41) is 12.8. The van der Waals surface area contributed by atoms with Crippen molar-refractivity contribution in [3.8, 4) is 0 Å². The molecular formula is C25H26N6O2. The highest BCUT2D eigenvalue weighted by Crippen LogP contribution is 2.28. The molecule has 4 aromatic rings. The zero-order valence-corrected chi connectivity index (χ0v) is 18.3. The van der Waals surface area contributed by atoms with Gasteiger partial charge in [-0.3, -0.25) is 9.69 Å². The average Bonchev–Trinajstić information content (AvgIpc) is 3.57. The standard InChI is InChI=1S/C25H26N6O2/c32-25(22-12-7-19-33-22)30-17-15-29(16-18-30)23(21-10-5-2-6-11-21)24-26-27-28-31(24)14-13-20-8-3-1-4-9-20/h1-12,19,23H,13-18H2/t23-/m1/s1. The molecule has 1 atom stereocenters. The molecular weight excluding hydrogens is 416 g/mol. The van der Waals surface area contributed by atoms with E-state index in [1.807, 2.05) is 46.0 Å². The minimum absolute atomic E-state index is 0.0661. The molecule has 0 saturated carbocycles. The molecule has 8 nitrogen and oxygen atoms in total. The molecule has 2 aromatic heterocycles. The van der Waals surface area contributed by atoms with Crippen LogP contribution in [0.1, 0.15) is 33.5 Å². The van der Waals surface area contributed by atoms with Crippen LogP contribution in [0.2, 0.25) is 0 Å². The minimum Gasteiger partial charge on any atom is -0.459 e. The summed E-state index contributed by atoms with van der Waals surface area (Å²) in [6, 6.07) is 24.0. The van der Waals surface area contributed by atoms with Gasteiger partial charge in [0.15, 0.2) is 11.6 Å². The minimum atomic E-state index is -0.0853. The van der Waals surface area contributed by atoms with Gasteiger partial charge in [0.25, 0.3) is 5.91 Å². The largest absolute Gasteiger partial charge is 0.459 e. The third-order valence-electron chi connectivity index (χ3n) is 6.07. The van der Waals surface area contributed by atoms with Crippen molar-refractivity contribution in [2.75, 3.05) is 26.2 Å². The molecule has 0 unspecified atom stereocenters. The van der Waals surface area contributed by atoms with E-state index in [-0.39, 0.29) is 11.9 Å². The number of amides is 1. The Morgan fingerprint density at radius 1 is 0.909 bits per heavy atom. The molecule has 0 N–H and O–H groups in total. The molecule has 0 bridgehead atoms. The number of carbonyl (C=O) groups is 1. The van der Waals surface area contributed by atoms with Gasteiger partial charge in [-0.05, 0) is 40.1 Å². The third-order valence-corrected chi connectivity index (χ3v) is 6.07. The first-order valence-corrected chi connectivity index (χ1v) is 11.2. The van der Waals surface area contributed by atoms with Crippen molar-refractivity contribution in [3.63, 3.8) is 0 Å². The average molecular weight is 443 g/mol. The molecule has 3 heterocycles. The molecule has 1 fully saturated rings. The van der Waals surface area contributed by atoms with E-state index >= 15 is 0 Å². The van der Waals surface area contributed by atoms with Gasteiger partial charge in [0.1, 0.15) is 0 Å². The molecule has 0 aliphatic carbocycles. The number of furan rings is 1. The number of piperazine rings is 1. The number of benzene rings is 2. The van der Waals surface area contributed by atoms with Gasteiger partial charge in [0.2, 0.25) is 0 Å². The Morgan fingerprint density at radius 3 is 2.33 bits per heavy atom. The second kappa shape index (κ2) is 9.79. The fourth-order valence-corrected chi connectivity index (χ4v) is 4.34. The van der Waals surface area contributed by atoms with Gasteiger partial charge in [-0.15, -0.1) is 5.10 Å². The monoisotopic (exact) mass is 442 g/mol. The zero-order chi connectivity index (χ0) is 22.5. The number of aryl methyl sites for hydroxylation is 2. The van der Waals surface area contributed by atoms with Crippen LogP contribution in [-0.2, 0) is 13.0 Å². The van der Waals surface area contributed by atoms with E-state index in [4.69, 9.17) is 4.42 Å².